The van der Waals surface area contributed by atoms with Gasteiger partial charge in [0.2, 0.25) is 5.60 Å². The second kappa shape index (κ2) is 23.5. The lowest BCUT2D eigenvalue weighted by Crippen LogP contribution is -2.71. The monoisotopic (exact) mass is 1140 g/mol. The second-order valence-corrected chi connectivity index (χ2v) is 23.6. The van der Waals surface area contributed by atoms with E-state index in [1.165, 1.54) is 53.6 Å². The second-order valence-electron chi connectivity index (χ2n) is 20.7. The van der Waals surface area contributed by atoms with Gasteiger partial charge in [-0.05, 0) is 74.6 Å². The highest BCUT2D eigenvalue weighted by Crippen LogP contribution is 2.43. The van der Waals surface area contributed by atoms with E-state index in [-0.39, 0.29) is 23.7 Å². The van der Waals surface area contributed by atoms with E-state index in [4.69, 9.17) is 33.8 Å². The fourth-order valence-corrected chi connectivity index (χ4v) is 12.7. The van der Waals surface area contributed by atoms with Crippen LogP contribution in [0.5, 0.6) is 5.75 Å². The minimum atomic E-state index is -1.66. The molecule has 80 heavy (non-hydrogen) atoms. The number of morpholine rings is 1. The Morgan fingerprint density at radius 2 is 1.51 bits per heavy atom. The maximum Gasteiger partial charge on any atom is 0.355 e. The number of amides is 2. The van der Waals surface area contributed by atoms with Crippen LogP contribution in [0.2, 0.25) is 0 Å². The number of hydrogen-bond acceptors (Lipinski definition) is 17. The summed E-state index contributed by atoms with van der Waals surface area (Å²) in [6.45, 7) is 10.7. The Hall–Kier alpha value is -7.72. The van der Waals surface area contributed by atoms with Crippen molar-refractivity contribution >= 4 is 80.9 Å². The summed E-state index contributed by atoms with van der Waals surface area (Å²) in [5.41, 5.74) is 1.57. The molecule has 21 heteroatoms. The lowest BCUT2D eigenvalue weighted by atomic mass is 9.77. The quantitative estimate of drug-likeness (QED) is 0.0116. The molecule has 0 radical (unpaired) electrons. The van der Waals surface area contributed by atoms with Crippen molar-refractivity contribution in [1.29, 1.82) is 0 Å². The number of methoxy groups -OCH3 is 1. The summed E-state index contributed by atoms with van der Waals surface area (Å²) >= 11 is 4.10. The highest BCUT2D eigenvalue weighted by atomic mass is 32.2. The molecule has 3 aromatic heterocycles. The topological polar surface area (TPSA) is 191 Å². The van der Waals surface area contributed by atoms with E-state index in [1.807, 2.05) is 125 Å². The number of β-lactam (4-membered cyclic amide) rings is 1. The van der Waals surface area contributed by atoms with Gasteiger partial charge in [0.1, 0.15) is 64.5 Å². The first kappa shape index (κ1) is 55.6. The number of thioether (sulfide) groups is 2. The number of thiazole rings is 1. The fourth-order valence-electron chi connectivity index (χ4n) is 9.45. The lowest BCUT2D eigenvalue weighted by Gasteiger charge is -2.49. The molecule has 2 unspecified atom stereocenters. The number of aryl methyl sites for hydroxylation is 1. The first-order chi connectivity index (χ1) is 38.5. The zero-order valence-electron chi connectivity index (χ0n) is 45.4. The van der Waals surface area contributed by atoms with E-state index < -0.39 is 51.9 Å². The smallest absolute Gasteiger partial charge is 0.355 e. The molecular weight excluding hydrogens is 1070 g/mol. The van der Waals surface area contributed by atoms with Crippen LogP contribution in [0, 0.1) is 0 Å². The first-order valence-electron chi connectivity index (χ1n) is 26.0. The number of oxime groups is 1. The van der Waals surface area contributed by atoms with Crippen LogP contribution in [-0.2, 0) is 57.4 Å². The minimum absolute atomic E-state index is 0.0660. The van der Waals surface area contributed by atoms with Crippen LogP contribution in [0.25, 0.3) is 5.65 Å². The Bertz CT molecular complexity index is 3360. The predicted octanol–water partition coefficient (Wildman–Crippen LogP) is 7.90. The molecule has 2 N–H and O–H groups in total. The van der Waals surface area contributed by atoms with Crippen LogP contribution >= 0.6 is 34.9 Å². The Kier molecular flexibility index (Phi) is 16.4. The summed E-state index contributed by atoms with van der Waals surface area (Å²) in [6, 6.07) is 38.1. The number of anilines is 2. The molecule has 0 aliphatic carbocycles. The van der Waals surface area contributed by atoms with E-state index in [0.29, 0.717) is 59.4 Å². The van der Waals surface area contributed by atoms with Crippen LogP contribution in [0.1, 0.15) is 62.6 Å². The molecule has 0 bridgehead atoms. The zero-order valence-corrected chi connectivity index (χ0v) is 47.9. The van der Waals surface area contributed by atoms with Crippen LogP contribution in [0.3, 0.4) is 0 Å². The summed E-state index contributed by atoms with van der Waals surface area (Å²) in [5, 5.41) is 13.1. The van der Waals surface area contributed by atoms with Gasteiger partial charge in [0, 0.05) is 30.0 Å². The summed E-state index contributed by atoms with van der Waals surface area (Å²) < 4.78 is 26.6. The largest absolute Gasteiger partial charge is 0.497 e. The van der Waals surface area contributed by atoms with Crippen molar-refractivity contribution in [2.24, 2.45) is 12.2 Å². The summed E-state index contributed by atoms with van der Waals surface area (Å²) in [5.74, 6) is -0.644. The van der Waals surface area contributed by atoms with Crippen molar-refractivity contribution < 1.29 is 47.5 Å². The Morgan fingerprint density at radius 1 is 0.875 bits per heavy atom. The number of benzene rings is 4. The SMILES string of the molecule is COc1ccc(COC(=O)C2=C(CSc3nc(N4CCOCC4)cc4n3cc[n+]4C)CSC3C(NC(=O)/C(=N\OC(C)(C)C(=O)OC(C)(C)C)c4csc(NC(c5ccccc5)(c5ccccc5)c5ccccc5)n4)C(=O)N23)cc1. The van der Waals surface area contributed by atoms with E-state index in [9.17, 15) is 19.2 Å². The van der Waals surface area contributed by atoms with Gasteiger partial charge in [-0.25, -0.2) is 19.1 Å². The maximum atomic E-state index is 14.9. The van der Waals surface area contributed by atoms with Crippen molar-refractivity contribution in [3.8, 4) is 5.75 Å². The Labute approximate surface area is 476 Å². The third-order valence-corrected chi connectivity index (χ3v) is 16.8. The summed E-state index contributed by atoms with van der Waals surface area (Å²) in [7, 11) is 3.55. The maximum absolute atomic E-state index is 14.9. The number of esters is 2. The Morgan fingerprint density at radius 3 is 2.12 bits per heavy atom. The van der Waals surface area contributed by atoms with Crippen LogP contribution in [0.4, 0.5) is 10.9 Å². The number of hydrogen-bond donors (Lipinski definition) is 2. The predicted molar refractivity (Wildman–Crippen MR) is 307 cm³/mol. The molecule has 3 aliphatic rings. The summed E-state index contributed by atoms with van der Waals surface area (Å²) in [6.07, 6.45) is 3.91. The molecule has 7 aromatic rings. The molecule has 0 saturated carbocycles. The van der Waals surface area contributed by atoms with E-state index in [1.54, 1.807) is 57.5 Å². The molecule has 4 aromatic carbocycles. The molecule has 414 valence electrons. The Balaban J connectivity index is 0.960. The van der Waals surface area contributed by atoms with Gasteiger partial charge < -0.3 is 39.3 Å². The van der Waals surface area contributed by atoms with E-state index in [2.05, 4.69) is 20.7 Å². The first-order valence-corrected chi connectivity index (χ1v) is 29.0. The standard InChI is InChI=1S/C59H61N9O9S3/c1-57(2,3)76-54(72)58(4,5)77-64-47(44-37-79-55(60-44)63-59(40-17-11-8-12-18-40,41-19-13-9-14-20-41)42-21-15-10-16-22-42)50(69)62-48-51(70)68-49(53(71)75-34-38-23-25-43(73-7)26-24-38)39(35-78-52(48)68)36-80-56-61-45(66-29-31-74-32-30-66)33-46-65(6)27-28-67(46)56/h8-28,33,37,48,52H,29-32,34-36H2,1-7H3,(H-,60,62,63,69)/p+1/b64-47-. The summed E-state index contributed by atoms with van der Waals surface area (Å²) in [4.78, 5) is 77.2. The number of nitrogens with zero attached hydrogens (tertiary/aromatic N) is 7. The van der Waals surface area contributed by atoms with E-state index in [0.717, 1.165) is 33.7 Å². The number of aromatic nitrogens is 4. The molecule has 10 rings (SSSR count). The molecule has 2 saturated heterocycles. The van der Waals surface area contributed by atoms with Crippen molar-refractivity contribution in [3.63, 3.8) is 0 Å². The van der Waals surface area contributed by atoms with E-state index >= 15 is 0 Å². The van der Waals surface area contributed by atoms with Gasteiger partial charge in [-0.15, -0.1) is 23.1 Å². The van der Waals surface area contributed by atoms with Crippen molar-refractivity contribution in [1.82, 2.24) is 24.6 Å². The molecule has 0 spiro atoms. The number of nitrogens with one attached hydrogen (secondary N) is 2. The minimum Gasteiger partial charge on any atom is -0.497 e. The highest BCUT2D eigenvalue weighted by Gasteiger charge is 2.55. The lowest BCUT2D eigenvalue weighted by molar-refractivity contribution is -0.644. The number of carbonyl (C=O) groups is 4. The van der Waals surface area contributed by atoms with Crippen molar-refractivity contribution in [2.45, 2.75) is 74.5 Å². The van der Waals surface area contributed by atoms with Gasteiger partial charge in [-0.2, -0.15) is 9.38 Å². The van der Waals surface area contributed by atoms with Gasteiger partial charge >= 0.3 is 11.9 Å². The molecule has 3 aliphatic heterocycles. The number of rotatable bonds is 19. The molecule has 6 heterocycles. The molecular formula is C59H62N9O9S3+. The number of fused-ring (bicyclic) bond motifs is 2. The third kappa shape index (κ3) is 11.8. The van der Waals surface area contributed by atoms with Crippen LogP contribution in [-0.4, -0.2) is 116 Å². The fraction of sp³-hybridized carbons (Fsp3) is 0.322. The number of imidazole rings is 1. The molecule has 2 amide bonds. The van der Waals surface area contributed by atoms with Gasteiger partial charge in [0.15, 0.2) is 10.8 Å². The van der Waals surface area contributed by atoms with Crippen LogP contribution in [0.15, 0.2) is 161 Å². The number of carbonyl (C=O) groups excluding carboxylic acids is 4. The van der Waals surface area contributed by atoms with Crippen molar-refractivity contribution in [3.05, 3.63) is 178 Å². The molecule has 2 atom stereocenters. The van der Waals surface area contributed by atoms with Gasteiger partial charge in [0.25, 0.3) is 22.6 Å². The van der Waals surface area contributed by atoms with Crippen LogP contribution < -0.4 is 24.8 Å². The molecule has 18 nitrogen and oxygen atoms in total. The molecule has 2 fully saturated rings. The van der Waals surface area contributed by atoms with Gasteiger partial charge in [-0.3, -0.25) is 14.5 Å². The highest BCUT2D eigenvalue weighted by molar-refractivity contribution is 8.01. The van der Waals surface area contributed by atoms with Crippen molar-refractivity contribution in [2.75, 3.05) is 55.1 Å². The van der Waals surface area contributed by atoms with Gasteiger partial charge in [0.05, 0.1) is 33.4 Å². The number of ether oxygens (including phenoxy) is 4. The zero-order chi connectivity index (χ0) is 56.2. The van der Waals surface area contributed by atoms with Gasteiger partial charge in [-0.1, -0.05) is 120 Å². The average molecular weight is 1140 g/mol. The average Bonchev–Trinajstić information content (AvgIpc) is 4.18. The normalized spacial score (nSPS) is 16.9. The third-order valence-electron chi connectivity index (χ3n) is 13.6.